The molecule has 0 aromatic heterocycles. The van der Waals surface area contributed by atoms with Crippen molar-refractivity contribution in [2.75, 3.05) is 13.2 Å². The maximum atomic E-state index is 13.0. The van der Waals surface area contributed by atoms with Crippen molar-refractivity contribution in [1.82, 2.24) is 5.32 Å². The molecule has 310 valence electrons. The maximum absolute atomic E-state index is 13.0. The van der Waals surface area contributed by atoms with Gasteiger partial charge in [0.25, 0.3) is 0 Å². The highest BCUT2D eigenvalue weighted by molar-refractivity contribution is 5.80. The van der Waals surface area contributed by atoms with Crippen LogP contribution in [0, 0.1) is 0 Å². The summed E-state index contributed by atoms with van der Waals surface area (Å²) in [5.41, 5.74) is 0. The second-order valence-electron chi connectivity index (χ2n) is 14.9. The normalized spacial score (nSPS) is 22.6. The van der Waals surface area contributed by atoms with Gasteiger partial charge in [0.15, 0.2) is 6.29 Å². The van der Waals surface area contributed by atoms with Gasteiger partial charge in [-0.05, 0) is 38.5 Å². The number of carbonyl (C=O) groups is 1. The van der Waals surface area contributed by atoms with Crippen LogP contribution in [0.15, 0.2) is 36.5 Å². The molecule has 1 heterocycles. The predicted octanol–water partition coefficient (Wildman–Crippen LogP) is 7.08. The van der Waals surface area contributed by atoms with Crippen LogP contribution in [-0.4, -0.2) is 98.7 Å². The Bertz CT molecular complexity index is 943. The van der Waals surface area contributed by atoms with E-state index in [9.17, 15) is 35.4 Å². The second-order valence-corrected chi connectivity index (χ2v) is 14.9. The fourth-order valence-electron chi connectivity index (χ4n) is 6.49. The van der Waals surface area contributed by atoms with Crippen LogP contribution >= 0.6 is 0 Å². The minimum Gasteiger partial charge on any atom is -0.394 e. The molecular weight excluding hydrogens is 674 g/mol. The third kappa shape index (κ3) is 24.5. The van der Waals surface area contributed by atoms with E-state index in [1.54, 1.807) is 6.08 Å². The average molecular weight is 754 g/mol. The van der Waals surface area contributed by atoms with Gasteiger partial charge in [-0.15, -0.1) is 0 Å². The van der Waals surface area contributed by atoms with Crippen LogP contribution in [0.5, 0.6) is 0 Å². The van der Waals surface area contributed by atoms with Gasteiger partial charge in [-0.2, -0.15) is 0 Å². The molecule has 0 bridgehead atoms. The Morgan fingerprint density at radius 1 is 0.642 bits per heavy atom. The van der Waals surface area contributed by atoms with Gasteiger partial charge in [0.1, 0.15) is 30.5 Å². The maximum Gasteiger partial charge on any atom is 0.249 e. The van der Waals surface area contributed by atoms with Gasteiger partial charge in [-0.1, -0.05) is 166 Å². The quantitative estimate of drug-likeness (QED) is 0.0268. The van der Waals surface area contributed by atoms with Gasteiger partial charge in [0.05, 0.1) is 25.4 Å². The molecule has 10 nitrogen and oxygen atoms in total. The lowest BCUT2D eigenvalue weighted by molar-refractivity contribution is -0.302. The number of hydrogen-bond acceptors (Lipinski definition) is 9. The van der Waals surface area contributed by atoms with E-state index in [4.69, 9.17) is 9.47 Å². The lowest BCUT2D eigenvalue weighted by Gasteiger charge is -2.40. The number of unbranched alkanes of at least 4 members (excludes halogenated alkanes) is 19. The molecule has 53 heavy (non-hydrogen) atoms. The summed E-state index contributed by atoms with van der Waals surface area (Å²) in [7, 11) is 0. The van der Waals surface area contributed by atoms with Gasteiger partial charge < -0.3 is 45.4 Å². The zero-order valence-electron chi connectivity index (χ0n) is 33.4. The van der Waals surface area contributed by atoms with Crippen LogP contribution in [0.1, 0.15) is 168 Å². The highest BCUT2D eigenvalue weighted by atomic mass is 16.7. The Morgan fingerprint density at radius 3 is 1.60 bits per heavy atom. The molecule has 1 rings (SSSR count). The Balaban J connectivity index is 2.44. The second kappa shape index (κ2) is 33.7. The van der Waals surface area contributed by atoms with Crippen LogP contribution in [0.4, 0.5) is 0 Å². The summed E-state index contributed by atoms with van der Waals surface area (Å²) in [5.74, 6) is -0.632. The first-order chi connectivity index (χ1) is 25.8. The molecular formula is C43H79NO9. The highest BCUT2D eigenvalue weighted by Gasteiger charge is 2.44. The van der Waals surface area contributed by atoms with E-state index >= 15 is 0 Å². The van der Waals surface area contributed by atoms with Crippen LogP contribution in [0.2, 0.25) is 0 Å². The lowest BCUT2D eigenvalue weighted by Crippen LogP contribution is -2.60. The third-order valence-corrected chi connectivity index (χ3v) is 10.0. The number of amides is 1. The van der Waals surface area contributed by atoms with Crippen molar-refractivity contribution in [2.45, 2.75) is 217 Å². The fourth-order valence-corrected chi connectivity index (χ4v) is 6.49. The molecule has 0 radical (unpaired) electrons. The number of rotatable bonds is 34. The number of aliphatic hydroxyl groups excluding tert-OH is 6. The summed E-state index contributed by atoms with van der Waals surface area (Å²) in [4.78, 5) is 13.0. The first-order valence-electron chi connectivity index (χ1n) is 21.3. The molecule has 0 saturated carbocycles. The van der Waals surface area contributed by atoms with E-state index in [1.165, 1.54) is 83.5 Å². The van der Waals surface area contributed by atoms with E-state index in [0.29, 0.717) is 19.3 Å². The van der Waals surface area contributed by atoms with Gasteiger partial charge in [0, 0.05) is 0 Å². The summed E-state index contributed by atoms with van der Waals surface area (Å²) >= 11 is 0. The van der Waals surface area contributed by atoms with Gasteiger partial charge >= 0.3 is 0 Å². The van der Waals surface area contributed by atoms with E-state index in [1.807, 2.05) is 6.08 Å². The lowest BCUT2D eigenvalue weighted by atomic mass is 9.99. The summed E-state index contributed by atoms with van der Waals surface area (Å²) < 4.78 is 11.1. The van der Waals surface area contributed by atoms with Crippen LogP contribution in [0.25, 0.3) is 0 Å². The van der Waals surface area contributed by atoms with Crippen LogP contribution in [-0.2, 0) is 14.3 Å². The predicted molar refractivity (Wildman–Crippen MR) is 213 cm³/mol. The molecule has 7 N–H and O–H groups in total. The van der Waals surface area contributed by atoms with Gasteiger partial charge in [-0.25, -0.2) is 0 Å². The van der Waals surface area contributed by atoms with E-state index in [-0.39, 0.29) is 6.61 Å². The van der Waals surface area contributed by atoms with Crippen molar-refractivity contribution in [3.8, 4) is 0 Å². The number of hydrogen-bond donors (Lipinski definition) is 7. The monoisotopic (exact) mass is 754 g/mol. The van der Waals surface area contributed by atoms with Crippen LogP contribution < -0.4 is 5.32 Å². The minimum absolute atomic E-state index is 0.303. The molecule has 1 saturated heterocycles. The molecule has 1 aliphatic heterocycles. The van der Waals surface area contributed by atoms with Gasteiger partial charge in [-0.3, -0.25) is 4.79 Å². The average Bonchev–Trinajstić information content (AvgIpc) is 3.16. The fraction of sp³-hybridized carbons (Fsp3) is 0.837. The molecule has 8 atom stereocenters. The molecule has 0 aromatic rings. The Morgan fingerprint density at radius 2 is 1.11 bits per heavy atom. The summed E-state index contributed by atoms with van der Waals surface area (Å²) in [5, 5.41) is 64.4. The number of carbonyl (C=O) groups excluding carboxylic acids is 1. The molecule has 0 aliphatic carbocycles. The molecule has 10 heteroatoms. The topological polar surface area (TPSA) is 169 Å². The first kappa shape index (κ1) is 49.4. The highest BCUT2D eigenvalue weighted by Crippen LogP contribution is 2.22. The SMILES string of the molecule is CCC/C=C/CC/C=C/CC/C=C/C(O)C(COC1OC(CO)C(O)C(O)C1O)NC(=O)C(O)CCCCCCCCCCCCCCCCCCC. The Hall–Kier alpha value is -1.63. The molecule has 8 unspecified atom stereocenters. The van der Waals surface area contributed by atoms with Crippen molar-refractivity contribution < 1.29 is 44.9 Å². The van der Waals surface area contributed by atoms with Crippen LogP contribution in [0.3, 0.4) is 0 Å². The molecule has 1 amide bonds. The van der Waals surface area contributed by atoms with Crippen molar-refractivity contribution >= 4 is 5.91 Å². The van der Waals surface area contributed by atoms with Crippen molar-refractivity contribution in [2.24, 2.45) is 0 Å². The van der Waals surface area contributed by atoms with E-state index in [2.05, 4.69) is 43.5 Å². The molecule has 0 aromatic carbocycles. The zero-order valence-corrected chi connectivity index (χ0v) is 33.4. The van der Waals surface area contributed by atoms with E-state index < -0.39 is 61.5 Å². The van der Waals surface area contributed by atoms with E-state index in [0.717, 1.165) is 51.4 Å². The Labute approximate surface area is 322 Å². The molecule has 1 fully saturated rings. The number of allylic oxidation sites excluding steroid dienone is 5. The van der Waals surface area contributed by atoms with Crippen molar-refractivity contribution in [3.05, 3.63) is 36.5 Å². The largest absolute Gasteiger partial charge is 0.394 e. The number of nitrogens with one attached hydrogen (secondary N) is 1. The first-order valence-corrected chi connectivity index (χ1v) is 21.3. The number of aliphatic hydroxyl groups is 6. The smallest absolute Gasteiger partial charge is 0.249 e. The zero-order chi connectivity index (χ0) is 38.9. The number of ether oxygens (including phenoxy) is 2. The molecule has 0 spiro atoms. The summed E-state index contributed by atoms with van der Waals surface area (Å²) in [6, 6.07) is -0.998. The van der Waals surface area contributed by atoms with Gasteiger partial charge in [0.2, 0.25) is 5.91 Å². The summed E-state index contributed by atoms with van der Waals surface area (Å²) in [6.45, 7) is 3.49. The molecule has 1 aliphatic rings. The Kier molecular flexibility index (Phi) is 31.4. The van der Waals surface area contributed by atoms with Crippen molar-refractivity contribution in [1.29, 1.82) is 0 Å². The van der Waals surface area contributed by atoms with Crippen molar-refractivity contribution in [3.63, 3.8) is 0 Å². The summed E-state index contributed by atoms with van der Waals surface area (Å²) in [6.07, 6.45) is 29.6. The minimum atomic E-state index is -1.62. The standard InChI is InChI=1S/C43H79NO9/c1-3-5-7-9-11-13-15-16-17-18-19-20-22-24-26-28-30-32-37(47)42(51)44-35(34-52-43-41(50)40(49)39(48)38(33-45)53-43)36(46)31-29-27-25-23-21-14-12-10-8-6-4-2/h8,10,21,23,29,31,35-41,43,45-50H,3-7,9,11-20,22,24-28,30,32-34H2,1-2H3,(H,44,51)/b10-8+,23-21+,31-29+. The third-order valence-electron chi connectivity index (χ3n) is 10.0.